The van der Waals surface area contributed by atoms with E-state index in [1.54, 1.807) is 6.92 Å². The smallest absolute Gasteiger partial charge is 0.326 e. The van der Waals surface area contributed by atoms with E-state index in [0.717, 1.165) is 13.1 Å². The molecule has 0 aromatic carbocycles. The van der Waals surface area contributed by atoms with E-state index in [1.807, 2.05) is 0 Å². The van der Waals surface area contributed by atoms with Crippen molar-refractivity contribution in [1.82, 2.24) is 4.57 Å². The molecule has 0 aliphatic heterocycles. The summed E-state index contributed by atoms with van der Waals surface area (Å²) in [6, 6.07) is 0. The molecule has 1 N–H and O–H groups in total. The lowest BCUT2D eigenvalue weighted by atomic mass is 10.2. The SMILES string of the molecule is CCOC(=O)C(CCCN(CC)[Si](C)(C)C)S(=O)(=O)O. The molecule has 0 fully saturated rings. The van der Waals surface area contributed by atoms with Gasteiger partial charge in [-0.05, 0) is 32.9 Å². The monoisotopic (exact) mass is 325 g/mol. The minimum Gasteiger partial charge on any atom is -0.465 e. The van der Waals surface area contributed by atoms with Crippen molar-refractivity contribution in [2.75, 3.05) is 19.7 Å². The van der Waals surface area contributed by atoms with E-state index in [2.05, 4.69) is 31.1 Å². The molecule has 0 aromatic rings. The molecule has 0 amide bonds. The number of rotatable bonds is 9. The molecule has 6 nitrogen and oxygen atoms in total. The molecule has 1 unspecified atom stereocenters. The molecule has 0 aromatic heterocycles. The van der Waals surface area contributed by atoms with Gasteiger partial charge in [0, 0.05) is 0 Å². The van der Waals surface area contributed by atoms with Gasteiger partial charge in [-0.3, -0.25) is 9.35 Å². The summed E-state index contributed by atoms with van der Waals surface area (Å²) in [6.45, 7) is 12.0. The highest BCUT2D eigenvalue weighted by Gasteiger charge is 2.32. The Morgan fingerprint density at radius 2 is 1.85 bits per heavy atom. The molecule has 1 atom stereocenters. The van der Waals surface area contributed by atoms with Gasteiger partial charge in [0.2, 0.25) is 0 Å². The Hall–Kier alpha value is -0.443. The van der Waals surface area contributed by atoms with Crippen LogP contribution in [0.25, 0.3) is 0 Å². The molecule has 0 aliphatic rings. The first kappa shape index (κ1) is 19.6. The molecule has 8 heteroatoms. The van der Waals surface area contributed by atoms with E-state index in [-0.39, 0.29) is 13.0 Å². The average Bonchev–Trinajstić information content (AvgIpc) is 2.25. The largest absolute Gasteiger partial charge is 0.465 e. The summed E-state index contributed by atoms with van der Waals surface area (Å²) in [6.07, 6.45) is 0.611. The molecule has 0 radical (unpaired) electrons. The third-order valence-corrected chi connectivity index (χ3v) is 6.72. The first-order valence-corrected chi connectivity index (χ1v) is 11.9. The third kappa shape index (κ3) is 6.82. The summed E-state index contributed by atoms with van der Waals surface area (Å²) in [5.41, 5.74) is 0. The standard InChI is InChI=1S/C12H27NO5SSi/c1-6-13(20(3,4)5)10-8-9-11(19(15,16)17)12(14)18-7-2/h11H,6-10H2,1-5H3,(H,15,16,17). The maximum atomic E-state index is 11.6. The summed E-state index contributed by atoms with van der Waals surface area (Å²) < 4.78 is 38.6. The second kappa shape index (κ2) is 8.11. The van der Waals surface area contributed by atoms with Crippen molar-refractivity contribution in [1.29, 1.82) is 0 Å². The lowest BCUT2D eigenvalue weighted by Gasteiger charge is -2.33. The topological polar surface area (TPSA) is 83.9 Å². The van der Waals surface area contributed by atoms with Crippen molar-refractivity contribution in [2.24, 2.45) is 0 Å². The second-order valence-electron chi connectivity index (χ2n) is 5.65. The first-order valence-electron chi connectivity index (χ1n) is 6.92. The van der Waals surface area contributed by atoms with Gasteiger partial charge in [-0.2, -0.15) is 8.42 Å². The van der Waals surface area contributed by atoms with Crippen LogP contribution in [0.3, 0.4) is 0 Å². The van der Waals surface area contributed by atoms with Crippen LogP contribution in [-0.4, -0.2) is 56.7 Å². The van der Waals surface area contributed by atoms with E-state index in [9.17, 15) is 13.2 Å². The van der Waals surface area contributed by atoms with Crippen molar-refractivity contribution >= 4 is 24.3 Å². The molecular formula is C12H27NO5SSi. The number of esters is 1. The van der Waals surface area contributed by atoms with Crippen LogP contribution >= 0.6 is 0 Å². The van der Waals surface area contributed by atoms with E-state index < -0.39 is 29.6 Å². The van der Waals surface area contributed by atoms with Gasteiger partial charge in [0.1, 0.15) is 8.24 Å². The summed E-state index contributed by atoms with van der Waals surface area (Å²) in [5, 5.41) is -1.47. The Kier molecular flexibility index (Phi) is 7.93. The fourth-order valence-electron chi connectivity index (χ4n) is 2.06. The summed E-state index contributed by atoms with van der Waals surface area (Å²) in [4.78, 5) is 11.6. The van der Waals surface area contributed by atoms with Gasteiger partial charge >= 0.3 is 5.97 Å². The van der Waals surface area contributed by atoms with Gasteiger partial charge < -0.3 is 9.30 Å². The zero-order valence-electron chi connectivity index (χ0n) is 13.0. The number of carbonyl (C=O) groups excluding carboxylic acids is 1. The summed E-state index contributed by atoms with van der Waals surface area (Å²) in [5.74, 6) is -0.869. The number of carbonyl (C=O) groups is 1. The Morgan fingerprint density at radius 3 is 2.20 bits per heavy atom. The molecule has 120 valence electrons. The van der Waals surface area contributed by atoms with E-state index >= 15 is 0 Å². The normalized spacial score (nSPS) is 14.3. The Balaban J connectivity index is 4.61. The van der Waals surface area contributed by atoms with E-state index in [0.29, 0.717) is 6.42 Å². The Morgan fingerprint density at radius 1 is 1.30 bits per heavy atom. The third-order valence-electron chi connectivity index (χ3n) is 3.13. The fourth-order valence-corrected chi connectivity index (χ4v) is 4.61. The van der Waals surface area contributed by atoms with Crippen LogP contribution in [0.4, 0.5) is 0 Å². The maximum Gasteiger partial charge on any atom is 0.326 e. The lowest BCUT2D eigenvalue weighted by Crippen LogP contribution is -2.46. The predicted octanol–water partition coefficient (Wildman–Crippen LogP) is 1.74. The lowest BCUT2D eigenvalue weighted by molar-refractivity contribution is -0.142. The van der Waals surface area contributed by atoms with Crippen molar-refractivity contribution in [3.63, 3.8) is 0 Å². The molecule has 0 saturated heterocycles. The first-order chi connectivity index (χ1) is 9.04. The quantitative estimate of drug-likeness (QED) is 0.395. The molecular weight excluding hydrogens is 298 g/mol. The second-order valence-corrected chi connectivity index (χ2v) is 12.2. The highest BCUT2D eigenvalue weighted by atomic mass is 32.2. The number of ether oxygens (including phenoxy) is 1. The molecule has 20 heavy (non-hydrogen) atoms. The van der Waals surface area contributed by atoms with Crippen molar-refractivity contribution in [2.45, 2.75) is 51.6 Å². The average molecular weight is 326 g/mol. The van der Waals surface area contributed by atoms with Gasteiger partial charge in [0.15, 0.2) is 5.25 Å². The molecule has 0 bridgehead atoms. The van der Waals surface area contributed by atoms with Crippen LogP contribution in [0.2, 0.25) is 19.6 Å². The minimum absolute atomic E-state index is 0.0820. The van der Waals surface area contributed by atoms with Gasteiger partial charge in [0.05, 0.1) is 6.61 Å². The van der Waals surface area contributed by atoms with Crippen molar-refractivity contribution in [3.8, 4) is 0 Å². The van der Waals surface area contributed by atoms with Gasteiger partial charge in [-0.25, -0.2) is 0 Å². The number of hydrogen-bond acceptors (Lipinski definition) is 5. The predicted molar refractivity (Wildman–Crippen MR) is 81.8 cm³/mol. The molecule has 0 heterocycles. The van der Waals surface area contributed by atoms with E-state index in [4.69, 9.17) is 9.29 Å². The fraction of sp³-hybridized carbons (Fsp3) is 0.917. The Labute approximate surface area is 123 Å². The minimum atomic E-state index is -4.41. The summed E-state index contributed by atoms with van der Waals surface area (Å²) in [7, 11) is -5.85. The molecule has 0 rings (SSSR count). The Bertz CT molecular complexity index is 405. The van der Waals surface area contributed by atoms with Gasteiger partial charge in [-0.1, -0.05) is 26.6 Å². The highest BCUT2D eigenvalue weighted by Crippen LogP contribution is 2.14. The van der Waals surface area contributed by atoms with Crippen LogP contribution < -0.4 is 0 Å². The van der Waals surface area contributed by atoms with Crippen molar-refractivity contribution < 1.29 is 22.5 Å². The van der Waals surface area contributed by atoms with Crippen LogP contribution in [0.1, 0.15) is 26.7 Å². The van der Waals surface area contributed by atoms with E-state index in [1.165, 1.54) is 0 Å². The van der Waals surface area contributed by atoms with Gasteiger partial charge in [-0.15, -0.1) is 0 Å². The van der Waals surface area contributed by atoms with Crippen molar-refractivity contribution in [3.05, 3.63) is 0 Å². The van der Waals surface area contributed by atoms with Gasteiger partial charge in [0.25, 0.3) is 10.1 Å². The van der Waals surface area contributed by atoms with Crippen LogP contribution in [0, 0.1) is 0 Å². The highest BCUT2D eigenvalue weighted by molar-refractivity contribution is 7.87. The number of hydrogen-bond donors (Lipinski definition) is 1. The maximum absolute atomic E-state index is 11.6. The molecule has 0 saturated carbocycles. The molecule has 0 aliphatic carbocycles. The van der Waals surface area contributed by atoms with Crippen LogP contribution in [0.15, 0.2) is 0 Å². The zero-order chi connectivity index (χ0) is 16.0. The summed E-state index contributed by atoms with van der Waals surface area (Å²) >= 11 is 0. The number of nitrogens with zero attached hydrogens (tertiary/aromatic N) is 1. The zero-order valence-corrected chi connectivity index (χ0v) is 14.9. The van der Waals surface area contributed by atoms with Crippen LogP contribution in [0.5, 0.6) is 0 Å². The molecule has 0 spiro atoms. The van der Waals surface area contributed by atoms with Crippen LogP contribution in [-0.2, 0) is 19.6 Å².